The van der Waals surface area contributed by atoms with Crippen LogP contribution in [0.5, 0.6) is 0 Å². The number of hydrogen-bond acceptors (Lipinski definition) is 4. The number of rotatable bonds is 5. The van der Waals surface area contributed by atoms with Gasteiger partial charge in [0.1, 0.15) is 0 Å². The van der Waals surface area contributed by atoms with Crippen molar-refractivity contribution in [1.29, 1.82) is 0 Å². The summed E-state index contributed by atoms with van der Waals surface area (Å²) in [6.45, 7) is 1.88. The number of amides is 1. The number of carbonyl (C=O) groups excluding carboxylic acids is 1. The van der Waals surface area contributed by atoms with Crippen LogP contribution in [0.3, 0.4) is 0 Å². The number of nitrogens with zero attached hydrogens (tertiary/aromatic N) is 1. The van der Waals surface area contributed by atoms with E-state index in [9.17, 15) is 13.2 Å². The van der Waals surface area contributed by atoms with E-state index in [2.05, 4.69) is 22.5 Å². The van der Waals surface area contributed by atoms with Crippen LogP contribution in [0.15, 0.2) is 59.8 Å². The highest BCUT2D eigenvalue weighted by atomic mass is 32.2. The van der Waals surface area contributed by atoms with E-state index < -0.39 is 9.84 Å². The molecule has 0 aromatic carbocycles. The zero-order valence-corrected chi connectivity index (χ0v) is 15.1. The SMILES string of the molecule is CC(NC(=O)C1CC1C1C=CC=CC=C1)c1ccc(S(C)(=O)=O)nc1. The van der Waals surface area contributed by atoms with E-state index in [0.717, 1.165) is 18.2 Å². The zero-order valence-electron chi connectivity index (χ0n) is 14.3. The lowest BCUT2D eigenvalue weighted by molar-refractivity contribution is -0.123. The highest BCUT2D eigenvalue weighted by Gasteiger charge is 2.46. The van der Waals surface area contributed by atoms with E-state index in [1.54, 1.807) is 6.07 Å². The van der Waals surface area contributed by atoms with Crippen LogP contribution in [-0.4, -0.2) is 25.6 Å². The molecule has 132 valence electrons. The summed E-state index contributed by atoms with van der Waals surface area (Å²) in [6, 6.07) is 2.96. The molecule has 2 aliphatic rings. The maximum Gasteiger partial charge on any atom is 0.223 e. The first-order valence-corrected chi connectivity index (χ1v) is 10.2. The molecule has 0 bridgehead atoms. The van der Waals surface area contributed by atoms with E-state index in [0.29, 0.717) is 11.8 Å². The van der Waals surface area contributed by atoms with Crippen LogP contribution < -0.4 is 5.32 Å². The molecule has 1 fully saturated rings. The van der Waals surface area contributed by atoms with Gasteiger partial charge in [0.25, 0.3) is 0 Å². The number of carbonyl (C=O) groups is 1. The Morgan fingerprint density at radius 3 is 2.44 bits per heavy atom. The highest BCUT2D eigenvalue weighted by Crippen LogP contribution is 2.46. The van der Waals surface area contributed by atoms with Crippen LogP contribution in [0, 0.1) is 17.8 Å². The summed E-state index contributed by atoms with van der Waals surface area (Å²) in [7, 11) is -3.31. The van der Waals surface area contributed by atoms with E-state index >= 15 is 0 Å². The maximum atomic E-state index is 12.5. The lowest BCUT2D eigenvalue weighted by Crippen LogP contribution is -2.29. The first-order chi connectivity index (χ1) is 11.9. The van der Waals surface area contributed by atoms with Crippen molar-refractivity contribution in [1.82, 2.24) is 10.3 Å². The third kappa shape index (κ3) is 4.25. The van der Waals surface area contributed by atoms with Crippen molar-refractivity contribution in [3.63, 3.8) is 0 Å². The largest absolute Gasteiger partial charge is 0.349 e. The van der Waals surface area contributed by atoms with E-state index in [4.69, 9.17) is 0 Å². The Labute approximate surface area is 148 Å². The molecule has 1 heterocycles. The van der Waals surface area contributed by atoms with Crippen molar-refractivity contribution in [3.8, 4) is 0 Å². The first-order valence-electron chi connectivity index (χ1n) is 8.34. The van der Waals surface area contributed by atoms with Crippen molar-refractivity contribution in [3.05, 3.63) is 60.3 Å². The fraction of sp³-hybridized carbons (Fsp3) is 0.368. The fourth-order valence-corrected chi connectivity index (χ4v) is 3.63. The summed E-state index contributed by atoms with van der Waals surface area (Å²) < 4.78 is 22.9. The number of allylic oxidation sites excluding steroid dienone is 6. The van der Waals surface area contributed by atoms with Crippen LogP contribution in [0.2, 0.25) is 0 Å². The number of hydrogen-bond donors (Lipinski definition) is 1. The molecule has 2 aliphatic carbocycles. The average molecular weight is 358 g/mol. The second-order valence-corrected chi connectivity index (χ2v) is 8.63. The Morgan fingerprint density at radius 1 is 1.20 bits per heavy atom. The van der Waals surface area contributed by atoms with Crippen LogP contribution >= 0.6 is 0 Å². The van der Waals surface area contributed by atoms with Gasteiger partial charge in [-0.3, -0.25) is 4.79 Å². The number of nitrogens with one attached hydrogen (secondary N) is 1. The predicted octanol–water partition coefficient (Wildman–Crippen LogP) is 2.60. The van der Waals surface area contributed by atoms with Crippen LogP contribution in [0.4, 0.5) is 0 Å². The molecule has 1 N–H and O–H groups in total. The standard InChI is InChI=1S/C19H22N2O3S/c1-13(15-9-10-18(20-12-15)25(2,23)24)21-19(22)17-11-16(17)14-7-5-3-4-6-8-14/h3-10,12-14,16-17H,11H2,1-2H3,(H,21,22). The summed E-state index contributed by atoms with van der Waals surface area (Å²) in [5, 5.41) is 3.05. The number of aromatic nitrogens is 1. The third-order valence-corrected chi connectivity index (χ3v) is 5.67. The molecule has 0 radical (unpaired) electrons. The number of sulfone groups is 1. The molecular weight excluding hydrogens is 336 g/mol. The Hall–Kier alpha value is -2.21. The molecule has 6 heteroatoms. The summed E-state index contributed by atoms with van der Waals surface area (Å²) in [5.74, 6) is 0.730. The molecule has 1 aromatic rings. The van der Waals surface area contributed by atoms with Gasteiger partial charge in [0.05, 0.1) is 6.04 Å². The highest BCUT2D eigenvalue weighted by molar-refractivity contribution is 7.90. The second kappa shape index (κ2) is 6.96. The molecule has 1 saturated carbocycles. The quantitative estimate of drug-likeness (QED) is 0.878. The van der Waals surface area contributed by atoms with E-state index in [1.165, 1.54) is 12.3 Å². The normalized spacial score (nSPS) is 23.9. The topological polar surface area (TPSA) is 76.1 Å². The van der Waals surface area contributed by atoms with Gasteiger partial charge in [-0.05, 0) is 36.8 Å². The van der Waals surface area contributed by atoms with Crippen molar-refractivity contribution in [2.24, 2.45) is 17.8 Å². The van der Waals surface area contributed by atoms with Gasteiger partial charge < -0.3 is 5.32 Å². The van der Waals surface area contributed by atoms with Crippen molar-refractivity contribution in [2.75, 3.05) is 6.26 Å². The Morgan fingerprint density at radius 2 is 1.88 bits per heavy atom. The predicted molar refractivity (Wildman–Crippen MR) is 96.4 cm³/mol. The molecule has 0 saturated heterocycles. The summed E-state index contributed by atoms with van der Waals surface area (Å²) >= 11 is 0. The molecule has 1 aromatic heterocycles. The maximum absolute atomic E-state index is 12.5. The lowest BCUT2D eigenvalue weighted by Gasteiger charge is -2.15. The van der Waals surface area contributed by atoms with Crippen molar-refractivity contribution < 1.29 is 13.2 Å². The van der Waals surface area contributed by atoms with E-state index in [1.807, 2.05) is 31.2 Å². The van der Waals surface area contributed by atoms with Gasteiger partial charge in [-0.2, -0.15) is 0 Å². The molecule has 5 nitrogen and oxygen atoms in total. The molecule has 3 unspecified atom stereocenters. The molecular formula is C19H22N2O3S. The zero-order chi connectivity index (χ0) is 18.0. The van der Waals surface area contributed by atoms with Crippen LogP contribution in [0.1, 0.15) is 24.9 Å². The summed E-state index contributed by atoms with van der Waals surface area (Å²) in [6.07, 6.45) is 15.8. The van der Waals surface area contributed by atoms with Gasteiger partial charge in [-0.25, -0.2) is 13.4 Å². The minimum atomic E-state index is -3.31. The average Bonchev–Trinajstić information content (AvgIpc) is 3.37. The molecule has 3 rings (SSSR count). The molecule has 0 aliphatic heterocycles. The first kappa shape index (κ1) is 17.6. The lowest BCUT2D eigenvalue weighted by atomic mass is 10.0. The fourth-order valence-electron chi connectivity index (χ4n) is 3.08. The number of pyridine rings is 1. The minimum absolute atomic E-state index is 0.0306. The van der Waals surface area contributed by atoms with Gasteiger partial charge in [-0.15, -0.1) is 0 Å². The molecule has 3 atom stereocenters. The third-order valence-electron chi connectivity index (χ3n) is 4.67. The van der Waals surface area contributed by atoms with Gasteiger partial charge in [-0.1, -0.05) is 42.5 Å². The van der Waals surface area contributed by atoms with E-state index in [-0.39, 0.29) is 22.9 Å². The van der Waals surface area contributed by atoms with Crippen LogP contribution in [-0.2, 0) is 14.6 Å². The summed E-state index contributed by atoms with van der Waals surface area (Å²) in [5.41, 5.74) is 0.788. The second-order valence-electron chi connectivity index (χ2n) is 6.67. The molecule has 0 spiro atoms. The van der Waals surface area contributed by atoms with Crippen molar-refractivity contribution >= 4 is 15.7 Å². The summed E-state index contributed by atoms with van der Waals surface area (Å²) in [4.78, 5) is 16.4. The Balaban J connectivity index is 1.58. The Kier molecular flexibility index (Phi) is 4.90. The molecule has 1 amide bonds. The Bertz CT molecular complexity index is 822. The molecule has 25 heavy (non-hydrogen) atoms. The van der Waals surface area contributed by atoms with Gasteiger partial charge in [0.15, 0.2) is 14.9 Å². The van der Waals surface area contributed by atoms with Crippen LogP contribution in [0.25, 0.3) is 0 Å². The monoisotopic (exact) mass is 358 g/mol. The van der Waals surface area contributed by atoms with Crippen molar-refractivity contribution in [2.45, 2.75) is 24.4 Å². The van der Waals surface area contributed by atoms with Gasteiger partial charge >= 0.3 is 0 Å². The van der Waals surface area contributed by atoms with Gasteiger partial charge in [0.2, 0.25) is 5.91 Å². The van der Waals surface area contributed by atoms with Gasteiger partial charge in [0, 0.05) is 18.4 Å². The minimum Gasteiger partial charge on any atom is -0.349 e. The smallest absolute Gasteiger partial charge is 0.223 e.